The first-order chi connectivity index (χ1) is 9.50. The topological polar surface area (TPSA) is 74.8 Å². The van der Waals surface area contributed by atoms with Crippen molar-refractivity contribution in [3.63, 3.8) is 0 Å². The van der Waals surface area contributed by atoms with E-state index in [0.717, 1.165) is 11.4 Å². The van der Waals surface area contributed by atoms with Crippen molar-refractivity contribution in [1.29, 1.82) is 0 Å². The van der Waals surface area contributed by atoms with Gasteiger partial charge in [0, 0.05) is 25.4 Å². The van der Waals surface area contributed by atoms with Gasteiger partial charge in [-0.1, -0.05) is 13.8 Å². The number of rotatable bonds is 4. The highest BCUT2D eigenvalue weighted by Crippen LogP contribution is 2.19. The fourth-order valence-corrected chi connectivity index (χ4v) is 1.83. The molecule has 1 amide bonds. The molecule has 0 fully saturated rings. The van der Waals surface area contributed by atoms with Crippen molar-refractivity contribution in [3.05, 3.63) is 41.7 Å². The lowest BCUT2D eigenvalue weighted by Crippen LogP contribution is -2.30. The molecule has 6 heteroatoms. The molecule has 106 valence electrons. The molecule has 0 aliphatic carbocycles. The van der Waals surface area contributed by atoms with Gasteiger partial charge in [-0.05, 0) is 24.6 Å². The molecule has 2 aromatic rings. The second-order valence-corrected chi connectivity index (χ2v) is 5.07. The van der Waals surface area contributed by atoms with Crippen molar-refractivity contribution < 1.29 is 4.79 Å². The van der Waals surface area contributed by atoms with Crippen molar-refractivity contribution in [2.75, 3.05) is 7.05 Å². The Balaban J connectivity index is 2.15. The smallest absolute Gasteiger partial charge is 0.293 e. The molecule has 0 saturated carbocycles. The first-order valence-corrected chi connectivity index (χ1v) is 6.60. The first-order valence-electron chi connectivity index (χ1n) is 6.60. The Kier molecular flexibility index (Phi) is 4.12. The standard InChI is InChI=1S/C14H19N5O/c1-9(2)12-16-13(18-17-12)14(20)19(4)10(3)11-5-7-15-8-6-11/h5-10H,1-4H3,(H,16,17,18). The number of hydrogen-bond acceptors (Lipinski definition) is 4. The van der Waals surface area contributed by atoms with Gasteiger partial charge in [0.15, 0.2) is 0 Å². The van der Waals surface area contributed by atoms with Gasteiger partial charge in [-0.3, -0.25) is 14.9 Å². The van der Waals surface area contributed by atoms with Gasteiger partial charge in [0.05, 0.1) is 6.04 Å². The van der Waals surface area contributed by atoms with Crippen LogP contribution in [0, 0.1) is 0 Å². The Bertz CT molecular complexity index is 578. The van der Waals surface area contributed by atoms with Crippen LogP contribution < -0.4 is 0 Å². The second kappa shape index (κ2) is 5.81. The zero-order valence-electron chi connectivity index (χ0n) is 12.2. The van der Waals surface area contributed by atoms with Gasteiger partial charge < -0.3 is 4.90 Å². The van der Waals surface area contributed by atoms with E-state index in [4.69, 9.17) is 0 Å². The van der Waals surface area contributed by atoms with E-state index in [1.165, 1.54) is 0 Å². The van der Waals surface area contributed by atoms with Crippen LogP contribution in [-0.4, -0.2) is 38.0 Å². The number of aromatic nitrogens is 4. The highest BCUT2D eigenvalue weighted by molar-refractivity contribution is 5.90. The van der Waals surface area contributed by atoms with Gasteiger partial charge in [-0.25, -0.2) is 4.98 Å². The summed E-state index contributed by atoms with van der Waals surface area (Å²) in [5.41, 5.74) is 1.02. The molecule has 1 atom stereocenters. The predicted molar refractivity (Wildman–Crippen MR) is 75.2 cm³/mol. The van der Waals surface area contributed by atoms with Crippen LogP contribution in [0.1, 0.15) is 54.7 Å². The van der Waals surface area contributed by atoms with E-state index in [2.05, 4.69) is 20.2 Å². The minimum atomic E-state index is -0.197. The molecule has 0 radical (unpaired) electrons. The van der Waals surface area contributed by atoms with Gasteiger partial charge in [-0.2, -0.15) is 0 Å². The van der Waals surface area contributed by atoms with Gasteiger partial charge in [0.1, 0.15) is 5.82 Å². The largest absolute Gasteiger partial charge is 0.332 e. The van der Waals surface area contributed by atoms with Gasteiger partial charge >= 0.3 is 0 Å². The summed E-state index contributed by atoms with van der Waals surface area (Å²) in [4.78, 5) is 22.2. The molecule has 0 bridgehead atoms. The Morgan fingerprint density at radius 2 is 1.90 bits per heavy atom. The number of amides is 1. The molecule has 6 nitrogen and oxygen atoms in total. The number of aromatic amines is 1. The third kappa shape index (κ3) is 2.84. The van der Waals surface area contributed by atoms with Crippen molar-refractivity contribution in [2.45, 2.75) is 32.7 Å². The summed E-state index contributed by atoms with van der Waals surface area (Å²) in [6, 6.07) is 3.73. The van der Waals surface area contributed by atoms with E-state index in [9.17, 15) is 4.79 Å². The minimum absolute atomic E-state index is 0.0634. The van der Waals surface area contributed by atoms with Crippen molar-refractivity contribution in [3.8, 4) is 0 Å². The van der Waals surface area contributed by atoms with Crippen LogP contribution in [0.25, 0.3) is 0 Å². The van der Waals surface area contributed by atoms with Gasteiger partial charge in [-0.15, -0.1) is 5.10 Å². The molecule has 2 aromatic heterocycles. The number of hydrogen-bond donors (Lipinski definition) is 1. The third-order valence-electron chi connectivity index (χ3n) is 3.33. The minimum Gasteiger partial charge on any atom is -0.332 e. The molecule has 0 aliphatic rings. The van der Waals surface area contributed by atoms with Crippen LogP contribution in [-0.2, 0) is 0 Å². The van der Waals surface area contributed by atoms with E-state index >= 15 is 0 Å². The summed E-state index contributed by atoms with van der Waals surface area (Å²) in [5, 5.41) is 6.80. The number of nitrogens with zero attached hydrogens (tertiary/aromatic N) is 4. The number of pyridine rings is 1. The molecule has 0 aromatic carbocycles. The second-order valence-electron chi connectivity index (χ2n) is 5.07. The molecule has 0 saturated heterocycles. The molecule has 1 unspecified atom stereocenters. The SMILES string of the molecule is CC(C)c1nc(C(=O)N(C)C(C)c2ccncc2)n[nH]1. The highest BCUT2D eigenvalue weighted by Gasteiger charge is 2.22. The maximum absolute atomic E-state index is 12.4. The first kappa shape index (κ1) is 14.2. The van der Waals surface area contributed by atoms with Crippen LogP contribution in [0.3, 0.4) is 0 Å². The van der Waals surface area contributed by atoms with Crippen LogP contribution >= 0.6 is 0 Å². The zero-order chi connectivity index (χ0) is 14.7. The Morgan fingerprint density at radius 1 is 1.25 bits per heavy atom. The van der Waals surface area contributed by atoms with Crippen molar-refractivity contribution in [2.24, 2.45) is 0 Å². The van der Waals surface area contributed by atoms with E-state index in [-0.39, 0.29) is 23.7 Å². The summed E-state index contributed by atoms with van der Waals surface area (Å²) >= 11 is 0. The average Bonchev–Trinajstić information content (AvgIpc) is 2.96. The summed E-state index contributed by atoms with van der Waals surface area (Å²) in [6.07, 6.45) is 3.43. The van der Waals surface area contributed by atoms with Gasteiger partial charge in [0.2, 0.25) is 5.82 Å². The van der Waals surface area contributed by atoms with Crippen molar-refractivity contribution >= 4 is 5.91 Å². The molecule has 0 spiro atoms. The van der Waals surface area contributed by atoms with E-state index in [1.54, 1.807) is 24.3 Å². The van der Waals surface area contributed by atoms with Gasteiger partial charge in [0.25, 0.3) is 5.91 Å². The third-order valence-corrected chi connectivity index (χ3v) is 3.33. The van der Waals surface area contributed by atoms with Crippen LogP contribution in [0.4, 0.5) is 0 Å². The molecule has 2 heterocycles. The number of carbonyl (C=O) groups excluding carboxylic acids is 1. The molecule has 0 aliphatic heterocycles. The molecule has 1 N–H and O–H groups in total. The highest BCUT2D eigenvalue weighted by atomic mass is 16.2. The fraction of sp³-hybridized carbons (Fsp3) is 0.429. The lowest BCUT2D eigenvalue weighted by atomic mass is 10.1. The number of carbonyl (C=O) groups is 1. The fourth-order valence-electron chi connectivity index (χ4n) is 1.83. The van der Waals surface area contributed by atoms with Crippen LogP contribution in [0.2, 0.25) is 0 Å². The van der Waals surface area contributed by atoms with Crippen molar-refractivity contribution in [1.82, 2.24) is 25.1 Å². The molecule has 20 heavy (non-hydrogen) atoms. The Hall–Kier alpha value is -2.24. The quantitative estimate of drug-likeness (QED) is 0.926. The molecule has 2 rings (SSSR count). The van der Waals surface area contributed by atoms with E-state index < -0.39 is 0 Å². The monoisotopic (exact) mass is 273 g/mol. The summed E-state index contributed by atoms with van der Waals surface area (Å²) in [5.74, 6) is 0.944. The summed E-state index contributed by atoms with van der Waals surface area (Å²) < 4.78 is 0. The maximum Gasteiger partial charge on any atom is 0.293 e. The lowest BCUT2D eigenvalue weighted by molar-refractivity contribution is 0.0730. The van der Waals surface area contributed by atoms with E-state index in [0.29, 0.717) is 0 Å². The Labute approximate surface area is 118 Å². The normalized spacial score (nSPS) is 12.4. The molecular formula is C14H19N5O. The van der Waals surface area contributed by atoms with Crippen LogP contribution in [0.5, 0.6) is 0 Å². The van der Waals surface area contributed by atoms with E-state index in [1.807, 2.05) is 32.9 Å². The molecular weight excluding hydrogens is 254 g/mol. The summed E-state index contributed by atoms with van der Waals surface area (Å²) in [6.45, 7) is 5.96. The lowest BCUT2D eigenvalue weighted by Gasteiger charge is -2.23. The van der Waals surface area contributed by atoms with Crippen LogP contribution in [0.15, 0.2) is 24.5 Å². The maximum atomic E-state index is 12.4. The average molecular weight is 273 g/mol. The predicted octanol–water partition coefficient (Wildman–Crippen LogP) is 2.16. The number of H-pyrrole nitrogens is 1. The Morgan fingerprint density at radius 3 is 2.45 bits per heavy atom. The number of nitrogens with one attached hydrogen (secondary N) is 1. The zero-order valence-corrected chi connectivity index (χ0v) is 12.2. The summed E-state index contributed by atoms with van der Waals surface area (Å²) in [7, 11) is 1.75.